The molecule has 1 N–H and O–H groups in total. The molecule has 1 amide bonds. The number of aliphatic hydroxyl groups excluding tert-OH is 1. The van der Waals surface area contributed by atoms with Gasteiger partial charge in [0.1, 0.15) is 6.61 Å². The Kier molecular flexibility index (Phi) is 5.38. The maximum absolute atomic E-state index is 12.1. The van der Waals surface area contributed by atoms with Gasteiger partial charge in [0.15, 0.2) is 0 Å². The molecule has 2 rings (SSSR count). The van der Waals surface area contributed by atoms with E-state index in [9.17, 15) is 9.90 Å². The Labute approximate surface area is 119 Å². The van der Waals surface area contributed by atoms with Crippen molar-refractivity contribution in [3.8, 4) is 0 Å². The fourth-order valence-electron chi connectivity index (χ4n) is 2.43. The number of hydrogen-bond acceptors (Lipinski definition) is 4. The first-order valence-electron chi connectivity index (χ1n) is 6.94. The number of benzene rings is 1. The van der Waals surface area contributed by atoms with E-state index in [4.69, 9.17) is 9.47 Å². The van der Waals surface area contributed by atoms with Crippen molar-refractivity contribution in [1.82, 2.24) is 4.90 Å². The van der Waals surface area contributed by atoms with Gasteiger partial charge in [-0.25, -0.2) is 4.79 Å². The summed E-state index contributed by atoms with van der Waals surface area (Å²) in [5, 5.41) is 9.35. The Morgan fingerprint density at radius 2 is 2.15 bits per heavy atom. The van der Waals surface area contributed by atoms with Crippen LogP contribution < -0.4 is 0 Å². The van der Waals surface area contributed by atoms with Crippen LogP contribution in [0.2, 0.25) is 0 Å². The summed E-state index contributed by atoms with van der Waals surface area (Å²) in [4.78, 5) is 13.6. The number of nitrogens with zero attached hydrogens (tertiary/aromatic N) is 1. The molecule has 0 aromatic heterocycles. The maximum Gasteiger partial charge on any atom is 0.410 e. The van der Waals surface area contributed by atoms with Crippen LogP contribution in [0.4, 0.5) is 4.79 Å². The van der Waals surface area contributed by atoms with Gasteiger partial charge < -0.3 is 19.5 Å². The summed E-state index contributed by atoms with van der Waals surface area (Å²) in [5.74, 6) is 0. The van der Waals surface area contributed by atoms with Crippen molar-refractivity contribution in [3.05, 3.63) is 35.9 Å². The van der Waals surface area contributed by atoms with Gasteiger partial charge >= 0.3 is 6.09 Å². The molecular weight excluding hydrogens is 258 g/mol. The van der Waals surface area contributed by atoms with Gasteiger partial charge in [0.25, 0.3) is 0 Å². The third-order valence-corrected chi connectivity index (χ3v) is 3.43. The Bertz CT molecular complexity index is 423. The molecule has 110 valence electrons. The van der Waals surface area contributed by atoms with Crippen molar-refractivity contribution in [2.24, 2.45) is 0 Å². The molecule has 1 aliphatic heterocycles. The van der Waals surface area contributed by atoms with Gasteiger partial charge in [0, 0.05) is 6.61 Å². The van der Waals surface area contributed by atoms with Gasteiger partial charge in [-0.3, -0.25) is 0 Å². The summed E-state index contributed by atoms with van der Waals surface area (Å²) < 4.78 is 10.8. The highest BCUT2D eigenvalue weighted by Gasteiger charge is 2.36. The number of likely N-dealkylation sites (tertiary alicyclic amines) is 1. The number of ether oxygens (including phenoxy) is 2. The van der Waals surface area contributed by atoms with Crippen LogP contribution in [0, 0.1) is 0 Å². The molecule has 1 aromatic carbocycles. The van der Waals surface area contributed by atoms with Crippen LogP contribution in [0.1, 0.15) is 18.9 Å². The van der Waals surface area contributed by atoms with Gasteiger partial charge in [0.05, 0.1) is 25.3 Å². The van der Waals surface area contributed by atoms with Gasteiger partial charge in [-0.1, -0.05) is 30.3 Å². The molecule has 0 radical (unpaired) electrons. The molecule has 1 unspecified atom stereocenters. The molecule has 0 spiro atoms. The molecule has 0 bridgehead atoms. The summed E-state index contributed by atoms with van der Waals surface area (Å²) in [6.45, 7) is 3.18. The van der Waals surface area contributed by atoms with E-state index < -0.39 is 6.09 Å². The largest absolute Gasteiger partial charge is 0.445 e. The molecule has 20 heavy (non-hydrogen) atoms. The third-order valence-electron chi connectivity index (χ3n) is 3.43. The Morgan fingerprint density at radius 3 is 2.80 bits per heavy atom. The molecule has 5 heteroatoms. The van der Waals surface area contributed by atoms with E-state index in [2.05, 4.69) is 0 Å². The van der Waals surface area contributed by atoms with Crippen molar-refractivity contribution in [2.45, 2.75) is 32.1 Å². The second-order valence-electron chi connectivity index (χ2n) is 4.84. The molecule has 1 fully saturated rings. The van der Waals surface area contributed by atoms with E-state index in [0.29, 0.717) is 19.6 Å². The van der Waals surface area contributed by atoms with Crippen LogP contribution in [-0.2, 0) is 16.1 Å². The highest BCUT2D eigenvalue weighted by molar-refractivity contribution is 5.68. The van der Waals surface area contributed by atoms with Gasteiger partial charge in [-0.2, -0.15) is 0 Å². The van der Waals surface area contributed by atoms with Crippen molar-refractivity contribution in [3.63, 3.8) is 0 Å². The minimum Gasteiger partial charge on any atom is -0.445 e. The predicted molar refractivity (Wildman–Crippen MR) is 74.2 cm³/mol. The fraction of sp³-hybridized carbons (Fsp3) is 0.533. The number of aliphatic hydroxyl groups is 1. The standard InChI is InChI=1S/C15H21NO4/c1-2-19-14-8-13(10-17)16(9-14)15(18)20-11-12-6-4-3-5-7-12/h3-7,13-14,17H,2,8-11H2,1H3/t13?,14-/m1/s1. The lowest BCUT2D eigenvalue weighted by Gasteiger charge is -2.22. The number of carbonyl (C=O) groups excluding carboxylic acids is 1. The smallest absolute Gasteiger partial charge is 0.410 e. The normalized spacial score (nSPS) is 22.0. The molecule has 1 aromatic rings. The lowest BCUT2D eigenvalue weighted by molar-refractivity contribution is 0.0601. The van der Waals surface area contributed by atoms with E-state index in [1.807, 2.05) is 37.3 Å². The zero-order valence-electron chi connectivity index (χ0n) is 11.7. The Morgan fingerprint density at radius 1 is 1.40 bits per heavy atom. The first-order chi connectivity index (χ1) is 9.74. The predicted octanol–water partition coefficient (Wildman–Crippen LogP) is 1.79. The number of hydrogen-bond donors (Lipinski definition) is 1. The lowest BCUT2D eigenvalue weighted by atomic mass is 10.2. The van der Waals surface area contributed by atoms with Crippen LogP contribution in [0.3, 0.4) is 0 Å². The quantitative estimate of drug-likeness (QED) is 0.893. The molecule has 1 heterocycles. The van der Waals surface area contributed by atoms with Crippen LogP contribution >= 0.6 is 0 Å². The van der Waals surface area contributed by atoms with Crippen LogP contribution in [0.25, 0.3) is 0 Å². The molecule has 2 atom stereocenters. The van der Waals surface area contributed by atoms with Crippen LogP contribution in [0.5, 0.6) is 0 Å². The fourth-order valence-corrected chi connectivity index (χ4v) is 2.43. The number of rotatable bonds is 5. The first-order valence-corrected chi connectivity index (χ1v) is 6.94. The second-order valence-corrected chi connectivity index (χ2v) is 4.84. The second kappa shape index (κ2) is 7.26. The average Bonchev–Trinajstić information content (AvgIpc) is 2.89. The van der Waals surface area contributed by atoms with Crippen LogP contribution in [-0.4, -0.2) is 48.0 Å². The topological polar surface area (TPSA) is 59.0 Å². The summed E-state index contributed by atoms with van der Waals surface area (Å²) in [6.07, 6.45) is 0.252. The van der Waals surface area contributed by atoms with E-state index in [1.54, 1.807) is 4.90 Å². The van der Waals surface area contributed by atoms with Gasteiger partial charge in [-0.05, 0) is 18.9 Å². The highest BCUT2D eigenvalue weighted by Crippen LogP contribution is 2.21. The number of amides is 1. The van der Waals surface area contributed by atoms with Crippen molar-refractivity contribution in [2.75, 3.05) is 19.8 Å². The molecule has 1 aliphatic rings. The molecule has 0 aliphatic carbocycles. The lowest BCUT2D eigenvalue weighted by Crippen LogP contribution is -2.38. The summed E-state index contributed by atoms with van der Waals surface area (Å²) >= 11 is 0. The number of carbonyl (C=O) groups is 1. The van der Waals surface area contributed by atoms with Crippen LogP contribution in [0.15, 0.2) is 30.3 Å². The minimum atomic E-state index is -0.393. The average molecular weight is 279 g/mol. The first kappa shape index (κ1) is 14.8. The molecular formula is C15H21NO4. The van der Waals surface area contributed by atoms with Crippen molar-refractivity contribution in [1.29, 1.82) is 0 Å². The van der Waals surface area contributed by atoms with E-state index >= 15 is 0 Å². The Hall–Kier alpha value is -1.59. The summed E-state index contributed by atoms with van der Waals surface area (Å²) in [6, 6.07) is 9.32. The SMILES string of the molecule is CCO[C@@H]1CC(CO)N(C(=O)OCc2ccccc2)C1. The Balaban J connectivity index is 1.87. The highest BCUT2D eigenvalue weighted by atomic mass is 16.6. The van der Waals surface area contributed by atoms with Gasteiger partial charge in [0.2, 0.25) is 0 Å². The van der Waals surface area contributed by atoms with Crippen molar-refractivity contribution >= 4 is 6.09 Å². The van der Waals surface area contributed by atoms with E-state index in [1.165, 1.54) is 0 Å². The molecule has 5 nitrogen and oxygen atoms in total. The van der Waals surface area contributed by atoms with E-state index in [-0.39, 0.29) is 25.4 Å². The zero-order chi connectivity index (χ0) is 14.4. The molecule has 1 saturated heterocycles. The summed E-state index contributed by atoms with van der Waals surface area (Å²) in [5.41, 5.74) is 0.946. The zero-order valence-corrected chi connectivity index (χ0v) is 11.7. The van der Waals surface area contributed by atoms with Gasteiger partial charge in [-0.15, -0.1) is 0 Å². The molecule has 0 saturated carbocycles. The van der Waals surface area contributed by atoms with Crippen molar-refractivity contribution < 1.29 is 19.4 Å². The third kappa shape index (κ3) is 3.71. The van der Waals surface area contributed by atoms with E-state index in [0.717, 1.165) is 5.56 Å². The monoisotopic (exact) mass is 279 g/mol. The summed E-state index contributed by atoms with van der Waals surface area (Å²) in [7, 11) is 0. The minimum absolute atomic E-state index is 0.0126. The maximum atomic E-state index is 12.1.